The minimum absolute atomic E-state index is 0. The Balaban J connectivity index is 0.000000714. The van der Waals surface area contributed by atoms with Crippen LogP contribution in [0.5, 0.6) is 0 Å². The summed E-state index contributed by atoms with van der Waals surface area (Å²) >= 11 is 0. The zero-order chi connectivity index (χ0) is 23.3. The normalized spacial score (nSPS) is 12.4. The summed E-state index contributed by atoms with van der Waals surface area (Å²) in [5.74, 6) is 1.42. The smallest absolute Gasteiger partial charge is 0.411 e. The van der Waals surface area contributed by atoms with Gasteiger partial charge in [0.25, 0.3) is 0 Å². The van der Waals surface area contributed by atoms with Gasteiger partial charge in [0, 0.05) is 28.9 Å². The number of rotatable bonds is 4. The first-order valence-corrected chi connectivity index (χ1v) is 11.3. The molecule has 0 bridgehead atoms. The summed E-state index contributed by atoms with van der Waals surface area (Å²) in [6, 6.07) is 17.1. The van der Waals surface area contributed by atoms with Crippen molar-refractivity contribution in [2.75, 3.05) is 18.1 Å². The van der Waals surface area contributed by atoms with Gasteiger partial charge in [0.2, 0.25) is 0 Å². The zero-order valence-electron chi connectivity index (χ0n) is 20.8. The number of anilines is 1. The molecule has 0 unspecified atom stereocenters. The van der Waals surface area contributed by atoms with Crippen molar-refractivity contribution in [2.45, 2.75) is 60.2 Å². The molecule has 6 heteroatoms. The van der Waals surface area contributed by atoms with Crippen LogP contribution < -0.4 is 4.90 Å². The Kier molecular flexibility index (Phi) is 9.87. The van der Waals surface area contributed by atoms with Crippen molar-refractivity contribution in [3.8, 4) is 22.5 Å². The Morgan fingerprint density at radius 3 is 2.24 bits per heavy atom. The second kappa shape index (κ2) is 11.9. The van der Waals surface area contributed by atoms with Gasteiger partial charge in [-0.2, -0.15) is 20.8 Å². The van der Waals surface area contributed by atoms with E-state index >= 15 is 0 Å². The standard InChI is InChI=1S/C23H27N4O.C4H9.W/c1-5-28-15-14-27-22-18-11-7-6-10-17(18)16-26(23(2,3)4)20-13-9-8-12-19(20)21(22)24-25-27;1-4(2)3;/h6-13H,1,5,14-16H2,2-4H3;1-3H3;/q2*-1;+2. The average Bonchev–Trinajstić information content (AvgIpc) is 3.13. The van der Waals surface area contributed by atoms with Crippen LogP contribution in [0.25, 0.3) is 22.5 Å². The number of benzene rings is 2. The molecule has 176 valence electrons. The number of para-hydroxylation sites is 1. The first-order valence-electron chi connectivity index (χ1n) is 11.3. The maximum Gasteiger partial charge on any atom is 2.00 e. The van der Waals surface area contributed by atoms with Crippen LogP contribution in [-0.4, -0.2) is 33.7 Å². The van der Waals surface area contributed by atoms with E-state index in [0.29, 0.717) is 19.8 Å². The summed E-state index contributed by atoms with van der Waals surface area (Å²) in [4.78, 5) is 2.45. The largest absolute Gasteiger partial charge is 2.00 e. The Labute approximate surface area is 213 Å². The van der Waals surface area contributed by atoms with Gasteiger partial charge >= 0.3 is 21.1 Å². The summed E-state index contributed by atoms with van der Waals surface area (Å²) in [5, 5.41) is 9.09. The molecule has 0 saturated carbocycles. The molecule has 0 spiro atoms. The quantitative estimate of drug-likeness (QED) is 0.259. The second-order valence-corrected chi connectivity index (χ2v) is 9.55. The van der Waals surface area contributed by atoms with Crippen LogP contribution in [0.1, 0.15) is 47.1 Å². The Hall–Kier alpha value is -1.97. The van der Waals surface area contributed by atoms with Crippen molar-refractivity contribution in [3.05, 3.63) is 66.9 Å². The van der Waals surface area contributed by atoms with Gasteiger partial charge in [-0.05, 0) is 32.4 Å². The van der Waals surface area contributed by atoms with Gasteiger partial charge in [0.15, 0.2) is 0 Å². The van der Waals surface area contributed by atoms with Gasteiger partial charge < -0.3 is 22.5 Å². The van der Waals surface area contributed by atoms with Gasteiger partial charge in [-0.3, -0.25) is 0 Å². The molecule has 0 amide bonds. The Bertz CT molecular complexity index is 1020. The topological polar surface area (TPSA) is 43.2 Å². The molecule has 5 nitrogen and oxygen atoms in total. The minimum atomic E-state index is -0.0291. The van der Waals surface area contributed by atoms with Gasteiger partial charge in [0.05, 0.1) is 18.8 Å². The number of aromatic nitrogens is 3. The molecule has 0 fully saturated rings. The maximum absolute atomic E-state index is 5.47. The van der Waals surface area contributed by atoms with Crippen LogP contribution in [-0.2, 0) is 38.9 Å². The van der Waals surface area contributed by atoms with Crippen LogP contribution in [0, 0.1) is 12.8 Å². The molecule has 1 aliphatic rings. The molecule has 3 aromatic rings. The molecule has 0 radical (unpaired) electrons. The third kappa shape index (κ3) is 6.55. The number of hydrogen-bond donors (Lipinski definition) is 0. The van der Waals surface area contributed by atoms with Crippen molar-refractivity contribution in [2.24, 2.45) is 0 Å². The van der Waals surface area contributed by atoms with E-state index in [-0.39, 0.29) is 26.6 Å². The first-order chi connectivity index (χ1) is 15.2. The van der Waals surface area contributed by atoms with Gasteiger partial charge in [-0.1, -0.05) is 54.3 Å². The van der Waals surface area contributed by atoms with Gasteiger partial charge in [-0.25, -0.2) is 4.68 Å². The Morgan fingerprint density at radius 1 is 1.00 bits per heavy atom. The predicted molar refractivity (Wildman–Crippen MR) is 133 cm³/mol. The first kappa shape index (κ1) is 27.3. The SMILES string of the molecule is C[C-](C)C.[CH2-]COCCn1nnc2c1-c1ccccc1CN(C(C)(C)C)c1ccccc1-2.[W+2]. The van der Waals surface area contributed by atoms with Crippen molar-refractivity contribution in [1.29, 1.82) is 0 Å². The van der Waals surface area contributed by atoms with Crippen LogP contribution in [0.15, 0.2) is 48.5 Å². The average molecular weight is 616 g/mol. The van der Waals surface area contributed by atoms with E-state index < -0.39 is 0 Å². The molecule has 2 aromatic carbocycles. The fraction of sp³-hybridized carbons (Fsp3) is 0.407. The van der Waals surface area contributed by atoms with Crippen molar-refractivity contribution in [3.63, 3.8) is 0 Å². The van der Waals surface area contributed by atoms with Crippen molar-refractivity contribution >= 4 is 5.69 Å². The molecule has 0 N–H and O–H groups in total. The molecule has 4 rings (SSSR count). The van der Waals surface area contributed by atoms with E-state index in [2.05, 4.69) is 112 Å². The van der Waals surface area contributed by atoms with Crippen LogP contribution in [0.4, 0.5) is 5.69 Å². The number of ether oxygens (including phenoxy) is 1. The molecule has 0 saturated heterocycles. The summed E-state index contributed by atoms with van der Waals surface area (Å²) < 4.78 is 7.43. The third-order valence-electron chi connectivity index (χ3n) is 5.19. The molecule has 0 atom stereocenters. The monoisotopic (exact) mass is 616 g/mol. The van der Waals surface area contributed by atoms with E-state index in [9.17, 15) is 0 Å². The second-order valence-electron chi connectivity index (χ2n) is 9.55. The summed E-state index contributed by atoms with van der Waals surface area (Å²) in [6.45, 7) is 19.3. The van der Waals surface area contributed by atoms with Crippen molar-refractivity contribution in [1.82, 2.24) is 15.0 Å². The predicted octanol–water partition coefficient (Wildman–Crippen LogP) is 6.20. The van der Waals surface area contributed by atoms with E-state index in [0.717, 1.165) is 23.5 Å². The summed E-state index contributed by atoms with van der Waals surface area (Å²) in [7, 11) is 0. The van der Waals surface area contributed by atoms with Crippen LogP contribution in [0.3, 0.4) is 0 Å². The van der Waals surface area contributed by atoms with Crippen LogP contribution >= 0.6 is 0 Å². The van der Waals surface area contributed by atoms with Gasteiger partial charge in [-0.15, -0.1) is 5.10 Å². The summed E-state index contributed by atoms with van der Waals surface area (Å²) in [5.41, 5.74) is 6.71. The number of fused-ring (bicyclic) bond motifs is 5. The summed E-state index contributed by atoms with van der Waals surface area (Å²) in [6.07, 6.45) is 0. The molecule has 1 aliphatic heterocycles. The molecule has 1 aromatic heterocycles. The van der Waals surface area contributed by atoms with E-state index in [1.165, 1.54) is 22.7 Å². The van der Waals surface area contributed by atoms with Gasteiger partial charge in [0.1, 0.15) is 5.69 Å². The molecule has 2 heterocycles. The van der Waals surface area contributed by atoms with Crippen molar-refractivity contribution < 1.29 is 25.8 Å². The zero-order valence-corrected chi connectivity index (χ0v) is 23.7. The maximum atomic E-state index is 5.47. The third-order valence-corrected chi connectivity index (χ3v) is 5.19. The van der Waals surface area contributed by atoms with E-state index in [1.54, 1.807) is 0 Å². The van der Waals surface area contributed by atoms with E-state index in [4.69, 9.17) is 4.74 Å². The number of hydrogen-bond acceptors (Lipinski definition) is 4. The molecular formula is C27H36N4OW. The fourth-order valence-electron chi connectivity index (χ4n) is 3.82. The molecular weight excluding hydrogens is 580 g/mol. The van der Waals surface area contributed by atoms with Crippen LogP contribution in [0.2, 0.25) is 0 Å². The minimum Gasteiger partial charge on any atom is -0.411 e. The molecule has 33 heavy (non-hydrogen) atoms. The number of nitrogens with zero attached hydrogens (tertiary/aromatic N) is 4. The Morgan fingerprint density at radius 2 is 1.61 bits per heavy atom. The fourth-order valence-corrected chi connectivity index (χ4v) is 3.82. The van der Waals surface area contributed by atoms with E-state index in [1.807, 2.05) is 4.68 Å². The molecule has 0 aliphatic carbocycles.